The Morgan fingerprint density at radius 2 is 1.97 bits per heavy atom. The molecule has 0 aliphatic carbocycles. The highest BCUT2D eigenvalue weighted by molar-refractivity contribution is 7.91. The Hall–Kier alpha value is -3.00. The van der Waals surface area contributed by atoms with Crippen LogP contribution in [0.15, 0.2) is 35.5 Å². The van der Waals surface area contributed by atoms with Gasteiger partial charge in [-0.3, -0.25) is 4.79 Å². The quantitative estimate of drug-likeness (QED) is 0.579. The molecule has 2 N–H and O–H groups in total. The summed E-state index contributed by atoms with van der Waals surface area (Å²) in [6, 6.07) is 2.65. The summed E-state index contributed by atoms with van der Waals surface area (Å²) in [5.41, 5.74) is -3.02. The van der Waals surface area contributed by atoms with Crippen molar-refractivity contribution in [3.05, 3.63) is 42.1 Å². The summed E-state index contributed by atoms with van der Waals surface area (Å²) in [5, 5.41) is 2.27. The first-order chi connectivity index (χ1) is 15.7. The molecule has 1 fully saturated rings. The Morgan fingerprint density at radius 3 is 2.53 bits per heavy atom. The molecule has 14 heteroatoms. The lowest BCUT2D eigenvalue weighted by molar-refractivity contribution is -0.261. The molecule has 3 rings (SSSR count). The van der Waals surface area contributed by atoms with Crippen molar-refractivity contribution in [3.8, 4) is 5.75 Å². The molecule has 1 aliphatic rings. The molecule has 34 heavy (non-hydrogen) atoms. The smallest absolute Gasteiger partial charge is 0.419 e. The monoisotopic (exact) mass is 508 g/mol. The van der Waals surface area contributed by atoms with E-state index >= 15 is 0 Å². The number of nitrogens with one attached hydrogen (secondary N) is 2. The number of hydrogen-bond donors (Lipinski definition) is 2. The van der Waals surface area contributed by atoms with Crippen molar-refractivity contribution in [2.24, 2.45) is 0 Å². The van der Waals surface area contributed by atoms with Gasteiger partial charge in [-0.1, -0.05) is 0 Å². The Bertz CT molecular complexity index is 1210. The van der Waals surface area contributed by atoms with E-state index in [9.17, 15) is 31.0 Å². The van der Waals surface area contributed by atoms with Gasteiger partial charge in [0.25, 0.3) is 0 Å². The van der Waals surface area contributed by atoms with Gasteiger partial charge >= 0.3 is 6.18 Å². The van der Waals surface area contributed by atoms with Crippen LogP contribution in [0.25, 0.3) is 0 Å². The predicted molar refractivity (Wildman–Crippen MR) is 112 cm³/mol. The lowest BCUT2D eigenvalue weighted by Gasteiger charge is -2.31. The number of halogens is 5. The molecular weight excluding hydrogens is 487 g/mol. The highest BCUT2D eigenvalue weighted by atomic mass is 32.2. The Kier molecular flexibility index (Phi) is 6.77. The van der Waals surface area contributed by atoms with Crippen LogP contribution in [0.4, 0.5) is 33.3 Å². The zero-order chi connectivity index (χ0) is 25.5. The van der Waals surface area contributed by atoms with Crippen LogP contribution in [-0.2, 0) is 19.3 Å². The number of benzene rings is 1. The summed E-state index contributed by atoms with van der Waals surface area (Å²) >= 11 is 0. The first-order valence-corrected chi connectivity index (χ1v) is 11.6. The maximum atomic E-state index is 14.3. The second kappa shape index (κ2) is 8.98. The number of rotatable bonds is 6. The molecule has 2 unspecified atom stereocenters. The number of aromatic nitrogens is 1. The standard InChI is InChI=1S/C20H21F5N4O4S/c1-32-17-13(5-4-12(21)16(17)22)29-10-19(33-2,20(23,24)25)9-14(29)18(30)28-11-6-7-27-15(8-11)34(3,26)31/h4-8,14,26H,9-10H2,1-3H3,(H,27,28,30)/t14?,19?,34-/m1/s1. The number of alkyl halides is 3. The predicted octanol–water partition coefficient (Wildman–Crippen LogP) is 3.57. The van der Waals surface area contributed by atoms with Gasteiger partial charge < -0.3 is 19.7 Å². The minimum atomic E-state index is -4.90. The Morgan fingerprint density at radius 1 is 1.29 bits per heavy atom. The van der Waals surface area contributed by atoms with Gasteiger partial charge in [-0.05, 0) is 24.3 Å². The number of amides is 1. The van der Waals surface area contributed by atoms with Crippen LogP contribution in [0, 0.1) is 16.4 Å². The number of carbonyl (C=O) groups excluding carboxylic acids is 1. The second-order valence-electron chi connectivity index (χ2n) is 7.67. The Balaban J connectivity index is 2.06. The average molecular weight is 508 g/mol. The largest absolute Gasteiger partial charge is 0.491 e. The van der Waals surface area contributed by atoms with E-state index in [1.54, 1.807) is 0 Å². The lowest BCUT2D eigenvalue weighted by atomic mass is 9.99. The number of methoxy groups -OCH3 is 2. The number of nitrogens with zero attached hydrogens (tertiary/aromatic N) is 2. The zero-order valence-electron chi connectivity index (χ0n) is 18.2. The third kappa shape index (κ3) is 4.64. The van der Waals surface area contributed by atoms with E-state index in [-0.39, 0.29) is 16.4 Å². The average Bonchev–Trinajstić information content (AvgIpc) is 3.16. The fraction of sp³-hybridized carbons (Fsp3) is 0.400. The van der Waals surface area contributed by atoms with Crippen molar-refractivity contribution in [3.63, 3.8) is 0 Å². The normalized spacial score (nSPS) is 22.4. The highest BCUT2D eigenvalue weighted by Crippen LogP contribution is 2.47. The summed E-state index contributed by atoms with van der Waals surface area (Å²) < 4.78 is 99.2. The van der Waals surface area contributed by atoms with Crippen molar-refractivity contribution in [1.29, 1.82) is 4.78 Å². The number of ether oxygens (including phenoxy) is 2. The number of hydrogen-bond acceptors (Lipinski definition) is 7. The molecule has 1 saturated heterocycles. The van der Waals surface area contributed by atoms with E-state index < -0.39 is 63.8 Å². The molecule has 1 aliphatic heterocycles. The minimum Gasteiger partial charge on any atom is -0.491 e. The van der Waals surface area contributed by atoms with Crippen molar-refractivity contribution in [1.82, 2.24) is 4.98 Å². The zero-order valence-corrected chi connectivity index (χ0v) is 19.0. The van der Waals surface area contributed by atoms with Gasteiger partial charge in [0, 0.05) is 31.7 Å². The van der Waals surface area contributed by atoms with E-state index in [0.717, 1.165) is 37.5 Å². The fourth-order valence-electron chi connectivity index (χ4n) is 3.70. The summed E-state index contributed by atoms with van der Waals surface area (Å²) in [5.74, 6) is -4.30. The first kappa shape index (κ1) is 25.6. The fourth-order valence-corrected chi connectivity index (χ4v) is 4.31. The third-order valence-electron chi connectivity index (χ3n) is 5.48. The van der Waals surface area contributed by atoms with Crippen LogP contribution in [0.3, 0.4) is 0 Å². The molecule has 1 aromatic heterocycles. The summed E-state index contributed by atoms with van der Waals surface area (Å²) in [4.78, 5) is 17.9. The summed E-state index contributed by atoms with van der Waals surface area (Å²) in [6.45, 7) is -0.899. The van der Waals surface area contributed by atoms with Crippen molar-refractivity contribution >= 4 is 27.0 Å². The highest BCUT2D eigenvalue weighted by Gasteiger charge is 2.63. The molecule has 2 heterocycles. The van der Waals surface area contributed by atoms with Crippen LogP contribution >= 0.6 is 0 Å². The van der Waals surface area contributed by atoms with Gasteiger partial charge in [0.15, 0.2) is 17.2 Å². The van der Waals surface area contributed by atoms with Crippen LogP contribution in [-0.4, -0.2) is 59.9 Å². The van der Waals surface area contributed by atoms with Gasteiger partial charge in [-0.15, -0.1) is 0 Å². The molecule has 3 atom stereocenters. The molecule has 0 bridgehead atoms. The molecule has 0 radical (unpaired) electrons. The SMILES string of the molecule is COc1c(N2CC(OC)(C(F)(F)F)CC2C(=O)Nc2ccnc([S@](C)(=N)=O)c2)ccc(F)c1F. The number of pyridine rings is 1. The van der Waals surface area contributed by atoms with Crippen LogP contribution in [0.2, 0.25) is 0 Å². The molecular formula is C20H21F5N4O4S. The van der Waals surface area contributed by atoms with Gasteiger partial charge in [0.2, 0.25) is 11.7 Å². The minimum absolute atomic E-state index is 0.0379. The van der Waals surface area contributed by atoms with E-state index in [0.29, 0.717) is 6.07 Å². The Labute approximate surface area is 192 Å². The van der Waals surface area contributed by atoms with Crippen LogP contribution in [0.5, 0.6) is 5.75 Å². The molecule has 186 valence electrons. The van der Waals surface area contributed by atoms with Crippen molar-refractivity contribution < 1.29 is 40.4 Å². The lowest BCUT2D eigenvalue weighted by Crippen LogP contribution is -2.49. The van der Waals surface area contributed by atoms with E-state index in [1.165, 1.54) is 12.3 Å². The molecule has 0 saturated carbocycles. The van der Waals surface area contributed by atoms with E-state index in [2.05, 4.69) is 10.3 Å². The van der Waals surface area contributed by atoms with Gasteiger partial charge in [0.1, 0.15) is 11.1 Å². The molecule has 8 nitrogen and oxygen atoms in total. The number of anilines is 2. The van der Waals surface area contributed by atoms with Gasteiger partial charge in [-0.2, -0.15) is 17.6 Å². The molecule has 1 amide bonds. The van der Waals surface area contributed by atoms with Crippen LogP contribution < -0.4 is 15.0 Å². The van der Waals surface area contributed by atoms with E-state index in [1.807, 2.05) is 0 Å². The summed E-state index contributed by atoms with van der Waals surface area (Å²) in [7, 11) is -1.37. The maximum Gasteiger partial charge on any atom is 0.419 e. The van der Waals surface area contributed by atoms with Crippen molar-refractivity contribution in [2.45, 2.75) is 29.3 Å². The maximum absolute atomic E-state index is 14.3. The number of carbonyl (C=O) groups is 1. The third-order valence-corrected chi connectivity index (χ3v) is 6.50. The molecule has 0 spiro atoms. The van der Waals surface area contributed by atoms with Gasteiger partial charge in [-0.25, -0.2) is 18.4 Å². The topological polar surface area (TPSA) is 105 Å². The molecule has 2 aromatic rings. The molecule has 1 aromatic carbocycles. The van der Waals surface area contributed by atoms with Crippen molar-refractivity contribution in [2.75, 3.05) is 37.2 Å². The second-order valence-corrected chi connectivity index (χ2v) is 9.78. The van der Waals surface area contributed by atoms with Gasteiger partial charge in [0.05, 0.1) is 29.1 Å². The van der Waals surface area contributed by atoms with Crippen LogP contribution in [0.1, 0.15) is 6.42 Å². The van der Waals surface area contributed by atoms with E-state index in [4.69, 9.17) is 14.3 Å². The first-order valence-electron chi connectivity index (χ1n) is 9.65. The summed E-state index contributed by atoms with van der Waals surface area (Å²) in [6.07, 6.45) is -3.46.